The number of carbonyl (C=O) groups excluding carboxylic acids is 1. The molecule has 0 saturated heterocycles. The van der Waals surface area contributed by atoms with Gasteiger partial charge in [-0.3, -0.25) is 0 Å². The van der Waals surface area contributed by atoms with E-state index in [1.807, 2.05) is 0 Å². The van der Waals surface area contributed by atoms with Gasteiger partial charge in [0.15, 0.2) is 5.75 Å². The van der Waals surface area contributed by atoms with E-state index in [1.54, 1.807) is 0 Å². The van der Waals surface area contributed by atoms with Crippen molar-refractivity contribution in [2.24, 2.45) is 0 Å². The monoisotopic (exact) mass is 459 g/mol. The molecular weight excluding hydrogens is 446 g/mol. The van der Waals surface area contributed by atoms with Crippen molar-refractivity contribution in [1.82, 2.24) is 4.72 Å². The molecular formula is C17H14ClNO8S2. The summed E-state index contributed by atoms with van der Waals surface area (Å²) >= 11 is 0. The highest BCUT2D eigenvalue weighted by atomic mass is 35.7. The minimum Gasteiger partial charge on any atom is -0.478 e. The fraction of sp³-hybridized carbons (Fsp3) is 0.0588. The van der Waals surface area contributed by atoms with Crippen molar-refractivity contribution in [3.05, 3.63) is 66.2 Å². The first-order chi connectivity index (χ1) is 13.5. The number of para-hydroxylation sites is 1. The standard InChI is InChI=1S/C17H14ClNO8S2/c1-2-9-19-29(25,26)12-6-3-5-11(10-12)17(22)27-15-13(16(20)21)7-4-8-14(15)28(18,23)24/h2-8,10,19H,1,9H2,(H,20,21). The number of esters is 1. The van der Waals surface area contributed by atoms with Crippen molar-refractivity contribution >= 4 is 41.7 Å². The van der Waals surface area contributed by atoms with Gasteiger partial charge in [-0.1, -0.05) is 18.2 Å². The van der Waals surface area contributed by atoms with Crippen molar-refractivity contribution in [2.45, 2.75) is 9.79 Å². The van der Waals surface area contributed by atoms with Crippen LogP contribution in [0.15, 0.2) is 64.9 Å². The Morgan fingerprint density at radius 2 is 1.79 bits per heavy atom. The largest absolute Gasteiger partial charge is 0.478 e. The smallest absolute Gasteiger partial charge is 0.343 e. The van der Waals surface area contributed by atoms with E-state index in [0.717, 1.165) is 24.3 Å². The number of ether oxygens (including phenoxy) is 1. The summed E-state index contributed by atoms with van der Waals surface area (Å²) in [5.41, 5.74) is -0.874. The van der Waals surface area contributed by atoms with Crippen LogP contribution in [0.25, 0.3) is 0 Å². The summed E-state index contributed by atoms with van der Waals surface area (Å²) < 4.78 is 55.0. The second-order valence-electron chi connectivity index (χ2n) is 5.43. The zero-order chi connectivity index (χ0) is 21.8. The summed E-state index contributed by atoms with van der Waals surface area (Å²) in [5, 5.41) is 9.25. The Morgan fingerprint density at radius 3 is 2.38 bits per heavy atom. The van der Waals surface area contributed by atoms with Crippen LogP contribution in [-0.4, -0.2) is 40.4 Å². The Labute approximate surface area is 171 Å². The summed E-state index contributed by atoms with van der Waals surface area (Å²) in [7, 11) is -3.09. The van der Waals surface area contributed by atoms with Crippen molar-refractivity contribution < 1.29 is 36.3 Å². The third-order valence-corrected chi connectivity index (χ3v) is 6.23. The number of halogens is 1. The Kier molecular flexibility index (Phi) is 6.80. The number of hydrogen-bond acceptors (Lipinski definition) is 7. The van der Waals surface area contributed by atoms with Gasteiger partial charge < -0.3 is 9.84 Å². The quantitative estimate of drug-likeness (QED) is 0.264. The first-order valence-corrected chi connectivity index (χ1v) is 11.5. The molecule has 0 radical (unpaired) electrons. The number of carboxylic acids is 1. The first-order valence-electron chi connectivity index (χ1n) is 7.71. The SMILES string of the molecule is C=CCNS(=O)(=O)c1cccc(C(=O)Oc2c(C(=O)O)cccc2S(=O)(=O)Cl)c1. The Bertz CT molecular complexity index is 1190. The normalized spacial score (nSPS) is 11.6. The third kappa shape index (κ3) is 5.41. The molecule has 12 heteroatoms. The first kappa shape index (κ1) is 22.6. The maximum atomic E-state index is 12.5. The predicted octanol–water partition coefficient (Wildman–Crippen LogP) is 2.00. The van der Waals surface area contributed by atoms with Crippen molar-refractivity contribution in [3.63, 3.8) is 0 Å². The number of carboxylic acid groups (broad SMARTS) is 1. The van der Waals surface area contributed by atoms with Gasteiger partial charge >= 0.3 is 11.9 Å². The maximum absolute atomic E-state index is 12.5. The van der Waals surface area contributed by atoms with E-state index in [9.17, 15) is 31.5 Å². The molecule has 0 amide bonds. The molecule has 29 heavy (non-hydrogen) atoms. The Balaban J connectivity index is 2.48. The van der Waals surface area contributed by atoms with Crippen LogP contribution in [0.4, 0.5) is 0 Å². The summed E-state index contributed by atoms with van der Waals surface area (Å²) in [6, 6.07) is 7.81. The van der Waals surface area contributed by atoms with Crippen LogP contribution in [0.3, 0.4) is 0 Å². The van der Waals surface area contributed by atoms with Gasteiger partial charge in [0.25, 0.3) is 9.05 Å². The Morgan fingerprint density at radius 1 is 1.14 bits per heavy atom. The fourth-order valence-corrected chi connectivity index (χ4v) is 4.20. The molecule has 0 bridgehead atoms. The second kappa shape index (κ2) is 8.74. The van der Waals surface area contributed by atoms with Gasteiger partial charge in [0.1, 0.15) is 10.5 Å². The van der Waals surface area contributed by atoms with Gasteiger partial charge in [-0.15, -0.1) is 6.58 Å². The lowest BCUT2D eigenvalue weighted by Gasteiger charge is -2.11. The van der Waals surface area contributed by atoms with Crippen molar-refractivity contribution in [2.75, 3.05) is 6.54 Å². The van der Waals surface area contributed by atoms with E-state index in [2.05, 4.69) is 11.3 Å². The molecule has 2 aromatic rings. The number of rotatable bonds is 8. The summed E-state index contributed by atoms with van der Waals surface area (Å²) in [5.74, 6) is -3.51. The van der Waals surface area contributed by atoms with Crippen molar-refractivity contribution in [1.29, 1.82) is 0 Å². The number of benzene rings is 2. The highest BCUT2D eigenvalue weighted by molar-refractivity contribution is 8.13. The predicted molar refractivity (Wildman–Crippen MR) is 103 cm³/mol. The van der Waals surface area contributed by atoms with E-state index >= 15 is 0 Å². The molecule has 0 saturated carbocycles. The van der Waals surface area contributed by atoms with E-state index in [-0.39, 0.29) is 17.0 Å². The van der Waals surface area contributed by atoms with Crippen LogP contribution in [-0.2, 0) is 19.1 Å². The van der Waals surface area contributed by atoms with E-state index in [0.29, 0.717) is 0 Å². The minimum absolute atomic E-state index is 0.0417. The van der Waals surface area contributed by atoms with Crippen LogP contribution in [0.2, 0.25) is 0 Å². The van der Waals surface area contributed by atoms with Crippen LogP contribution < -0.4 is 9.46 Å². The molecule has 154 valence electrons. The lowest BCUT2D eigenvalue weighted by molar-refractivity contribution is 0.0679. The molecule has 0 atom stereocenters. The summed E-state index contributed by atoms with van der Waals surface area (Å²) in [6.45, 7) is 3.35. The zero-order valence-electron chi connectivity index (χ0n) is 14.5. The Hall–Kier alpha value is -2.73. The van der Waals surface area contributed by atoms with E-state index in [1.165, 1.54) is 24.3 Å². The number of sulfonamides is 1. The van der Waals surface area contributed by atoms with E-state index < -0.39 is 47.2 Å². The average Bonchev–Trinajstić information content (AvgIpc) is 2.65. The van der Waals surface area contributed by atoms with Gasteiger partial charge in [-0.25, -0.2) is 31.1 Å². The molecule has 2 N–H and O–H groups in total. The molecule has 0 fully saturated rings. The molecule has 2 aromatic carbocycles. The van der Waals surface area contributed by atoms with Gasteiger partial charge in [-0.2, -0.15) is 0 Å². The average molecular weight is 460 g/mol. The molecule has 0 aliphatic rings. The van der Waals surface area contributed by atoms with Crippen LogP contribution >= 0.6 is 10.7 Å². The minimum atomic E-state index is -4.44. The van der Waals surface area contributed by atoms with Crippen LogP contribution in [0.1, 0.15) is 20.7 Å². The molecule has 9 nitrogen and oxygen atoms in total. The number of hydrogen-bond donors (Lipinski definition) is 2. The topological polar surface area (TPSA) is 144 Å². The number of nitrogens with one attached hydrogen (secondary N) is 1. The lowest BCUT2D eigenvalue weighted by Crippen LogP contribution is -2.24. The molecule has 0 heterocycles. The third-order valence-electron chi connectivity index (χ3n) is 3.46. The summed E-state index contributed by atoms with van der Waals surface area (Å²) in [6.07, 6.45) is 1.33. The zero-order valence-corrected chi connectivity index (χ0v) is 16.9. The highest BCUT2D eigenvalue weighted by Crippen LogP contribution is 2.31. The van der Waals surface area contributed by atoms with Crippen LogP contribution in [0.5, 0.6) is 5.75 Å². The van der Waals surface area contributed by atoms with Crippen molar-refractivity contribution in [3.8, 4) is 5.75 Å². The van der Waals surface area contributed by atoms with Gasteiger partial charge in [0.2, 0.25) is 10.0 Å². The molecule has 0 aromatic heterocycles. The highest BCUT2D eigenvalue weighted by Gasteiger charge is 2.26. The second-order valence-corrected chi connectivity index (χ2v) is 9.74. The molecule has 0 spiro atoms. The number of aromatic carboxylic acids is 1. The molecule has 0 aliphatic heterocycles. The molecule has 0 aliphatic carbocycles. The summed E-state index contributed by atoms with van der Waals surface area (Å²) in [4.78, 5) is 22.9. The van der Waals surface area contributed by atoms with Crippen LogP contribution in [0, 0.1) is 0 Å². The molecule has 0 unspecified atom stereocenters. The molecule has 2 rings (SSSR count). The number of carbonyl (C=O) groups is 2. The van der Waals surface area contributed by atoms with Gasteiger partial charge in [0, 0.05) is 17.2 Å². The lowest BCUT2D eigenvalue weighted by atomic mass is 10.2. The van der Waals surface area contributed by atoms with Gasteiger partial charge in [-0.05, 0) is 30.3 Å². The van der Waals surface area contributed by atoms with Gasteiger partial charge in [0.05, 0.1) is 10.5 Å². The fourth-order valence-electron chi connectivity index (χ4n) is 2.18. The maximum Gasteiger partial charge on any atom is 0.343 e. The van der Waals surface area contributed by atoms with E-state index in [4.69, 9.17) is 15.4 Å².